The van der Waals surface area contributed by atoms with E-state index in [2.05, 4.69) is 73.5 Å². The number of allylic oxidation sites excluding steroid dienone is 2. The van der Waals surface area contributed by atoms with Gasteiger partial charge < -0.3 is 4.90 Å². The fourth-order valence-electron chi connectivity index (χ4n) is 6.38. The van der Waals surface area contributed by atoms with E-state index in [4.69, 9.17) is 0 Å². The number of nitrogens with zero attached hydrogens (tertiary/aromatic N) is 2. The largest absolute Gasteiger partial charge is 0.365 e. The lowest BCUT2D eigenvalue weighted by Crippen LogP contribution is -2.52. The van der Waals surface area contributed by atoms with E-state index in [0.717, 1.165) is 23.7 Å². The van der Waals surface area contributed by atoms with Gasteiger partial charge in [-0.25, -0.2) is 0 Å². The van der Waals surface area contributed by atoms with Crippen LogP contribution in [-0.2, 0) is 0 Å². The van der Waals surface area contributed by atoms with Gasteiger partial charge in [0.2, 0.25) is 0 Å². The number of fused-ring (bicyclic) bond motifs is 3. The molecule has 0 spiro atoms. The van der Waals surface area contributed by atoms with E-state index >= 15 is 0 Å². The smallest absolute Gasteiger partial charge is 0.0583 e. The van der Waals surface area contributed by atoms with E-state index in [1.165, 1.54) is 25.9 Å². The Balaban J connectivity index is 2.07. The van der Waals surface area contributed by atoms with Crippen LogP contribution in [0.3, 0.4) is 0 Å². The molecule has 0 radical (unpaired) electrons. The lowest BCUT2D eigenvalue weighted by Gasteiger charge is -2.51. The van der Waals surface area contributed by atoms with Crippen molar-refractivity contribution in [3.63, 3.8) is 0 Å². The van der Waals surface area contributed by atoms with Gasteiger partial charge in [-0.05, 0) is 62.7 Å². The summed E-state index contributed by atoms with van der Waals surface area (Å²) in [5.41, 5.74) is 2.32. The van der Waals surface area contributed by atoms with E-state index < -0.39 is 0 Å². The maximum Gasteiger partial charge on any atom is 0.0583 e. The van der Waals surface area contributed by atoms with Gasteiger partial charge in [0, 0.05) is 24.8 Å². The lowest BCUT2D eigenvalue weighted by molar-refractivity contribution is -0.00467. The summed E-state index contributed by atoms with van der Waals surface area (Å²) >= 11 is 0. The summed E-state index contributed by atoms with van der Waals surface area (Å²) in [6.07, 6.45) is 4.97. The third-order valence-electron chi connectivity index (χ3n) is 7.28. The molecule has 0 amide bonds. The van der Waals surface area contributed by atoms with Crippen LogP contribution in [0.25, 0.3) is 0 Å². The van der Waals surface area contributed by atoms with Gasteiger partial charge in [0.15, 0.2) is 0 Å². The quantitative estimate of drug-likeness (QED) is 0.464. The average molecular weight is 337 g/mol. The van der Waals surface area contributed by atoms with E-state index in [9.17, 15) is 0 Å². The maximum absolute atomic E-state index is 3.02. The molecular weight excluding hydrogens is 299 g/mol. The number of hydrogen-bond acceptors (Lipinski definition) is 2. The molecule has 2 nitrogen and oxygen atoms in total. The van der Waals surface area contributed by atoms with Crippen molar-refractivity contribution in [3.05, 3.63) is 11.8 Å². The minimum Gasteiger partial charge on any atom is -0.365 e. The molecule has 7 unspecified atom stereocenters. The van der Waals surface area contributed by atoms with Crippen LogP contribution in [-0.4, -0.2) is 34.2 Å². The summed E-state index contributed by atoms with van der Waals surface area (Å²) in [6, 6.07) is 0.662. The molecule has 3 heteroatoms. The molecule has 3 fully saturated rings. The van der Waals surface area contributed by atoms with Crippen molar-refractivity contribution in [1.29, 1.82) is 0 Å². The highest BCUT2D eigenvalue weighted by Crippen LogP contribution is 2.60. The molecule has 0 bridgehead atoms. The minimum atomic E-state index is 0.344. The van der Waals surface area contributed by atoms with Gasteiger partial charge in [-0.1, -0.05) is 43.2 Å². The third kappa shape index (κ3) is 2.78. The molecule has 3 aliphatic heterocycles. The predicted octanol–water partition coefficient (Wildman–Crippen LogP) is 4.78. The second-order valence-corrected chi connectivity index (χ2v) is 10.3. The Kier molecular flexibility index (Phi) is 4.42. The first-order valence-electron chi connectivity index (χ1n) is 9.56. The first-order chi connectivity index (χ1) is 10.6. The zero-order chi connectivity index (χ0) is 17.2. The molecule has 3 heterocycles. The third-order valence-corrected chi connectivity index (χ3v) is 7.97. The zero-order valence-corrected chi connectivity index (χ0v) is 17.4. The number of hydrogen-bond donors (Lipinski definition) is 0. The van der Waals surface area contributed by atoms with Crippen molar-refractivity contribution in [2.75, 3.05) is 13.1 Å². The van der Waals surface area contributed by atoms with Gasteiger partial charge in [0.25, 0.3) is 0 Å². The molecule has 23 heavy (non-hydrogen) atoms. The van der Waals surface area contributed by atoms with Gasteiger partial charge in [-0.15, -0.1) is 0 Å². The lowest BCUT2D eigenvalue weighted by atomic mass is 9.58. The Bertz CT molecular complexity index is 500. The topological polar surface area (TPSA) is 6.25 Å². The minimum absolute atomic E-state index is 0.344. The Morgan fingerprint density at radius 1 is 1.09 bits per heavy atom. The van der Waals surface area contributed by atoms with Crippen molar-refractivity contribution in [1.82, 2.24) is 9.57 Å². The SMILES string of the molecule is C/C=C1\CC(C)C2C(C)CC(C)N(P)CC(C)(C)C2C2(C)CN12. The Morgan fingerprint density at radius 2 is 1.74 bits per heavy atom. The summed E-state index contributed by atoms with van der Waals surface area (Å²) < 4.78 is 2.54. The molecule has 0 saturated carbocycles. The standard InChI is InChI=1S/C20H37N2P/c1-8-16-10-14(3)17-13(2)9-15(4)22(23)11-19(5,6)18(17)20(7)12-21(16)20/h8,13-15,17-18H,9-12,23H2,1-7H3/b16-8+. The molecule has 0 N–H and O–H groups in total. The van der Waals surface area contributed by atoms with Crippen LogP contribution in [0.4, 0.5) is 0 Å². The summed E-state index contributed by atoms with van der Waals surface area (Å²) in [4.78, 5) is 2.72. The molecule has 3 saturated heterocycles. The molecule has 0 aromatic carbocycles. The molecule has 3 aliphatic rings. The van der Waals surface area contributed by atoms with E-state index in [0.29, 0.717) is 17.0 Å². The second-order valence-electron chi connectivity index (χ2n) is 9.68. The van der Waals surface area contributed by atoms with Gasteiger partial charge >= 0.3 is 0 Å². The fourth-order valence-corrected chi connectivity index (χ4v) is 6.97. The van der Waals surface area contributed by atoms with Crippen LogP contribution in [0.5, 0.6) is 0 Å². The highest BCUT2D eigenvalue weighted by Gasteiger charge is 2.63. The highest BCUT2D eigenvalue weighted by atomic mass is 31.0. The summed E-state index contributed by atoms with van der Waals surface area (Å²) in [5.74, 6) is 3.18. The van der Waals surface area contributed by atoms with Gasteiger partial charge in [-0.3, -0.25) is 4.67 Å². The highest BCUT2D eigenvalue weighted by molar-refractivity contribution is 7.13. The molecule has 7 atom stereocenters. The first-order valence-corrected chi connectivity index (χ1v) is 10.1. The van der Waals surface area contributed by atoms with E-state index in [1.54, 1.807) is 5.70 Å². The van der Waals surface area contributed by atoms with Crippen molar-refractivity contribution >= 4 is 9.39 Å². The van der Waals surface area contributed by atoms with E-state index in [1.807, 2.05) is 0 Å². The Hall–Kier alpha value is -0.0700. The monoisotopic (exact) mass is 336 g/mol. The average Bonchev–Trinajstić information content (AvgIpc) is 3.12. The van der Waals surface area contributed by atoms with Gasteiger partial charge in [-0.2, -0.15) is 0 Å². The molecule has 132 valence electrons. The molecule has 3 rings (SSSR count). The Labute approximate surface area is 146 Å². The molecule has 0 aromatic rings. The van der Waals surface area contributed by atoms with Crippen molar-refractivity contribution in [2.45, 2.75) is 72.9 Å². The van der Waals surface area contributed by atoms with Crippen LogP contribution in [0.2, 0.25) is 0 Å². The van der Waals surface area contributed by atoms with E-state index in [-0.39, 0.29) is 0 Å². The summed E-state index contributed by atoms with van der Waals surface area (Å²) in [5, 5.41) is 0. The molecule has 0 aromatic heterocycles. The predicted molar refractivity (Wildman–Crippen MR) is 103 cm³/mol. The molecule has 0 aliphatic carbocycles. The maximum atomic E-state index is 3.02. The second kappa shape index (κ2) is 5.73. The van der Waals surface area contributed by atoms with Gasteiger partial charge in [0.05, 0.1) is 5.54 Å². The van der Waals surface area contributed by atoms with Crippen LogP contribution >= 0.6 is 9.39 Å². The van der Waals surface area contributed by atoms with Crippen molar-refractivity contribution in [2.24, 2.45) is 29.1 Å². The first kappa shape index (κ1) is 17.7. The molecular formula is C20H37N2P. The number of rotatable bonds is 0. The normalized spacial score (nSPS) is 49.0. The van der Waals surface area contributed by atoms with Crippen molar-refractivity contribution in [3.8, 4) is 0 Å². The van der Waals surface area contributed by atoms with Gasteiger partial charge in [0.1, 0.15) is 0 Å². The van der Waals surface area contributed by atoms with Crippen LogP contribution in [0.15, 0.2) is 11.8 Å². The Morgan fingerprint density at radius 3 is 2.35 bits per heavy atom. The summed E-state index contributed by atoms with van der Waals surface area (Å²) in [7, 11) is 3.02. The van der Waals surface area contributed by atoms with Crippen LogP contribution in [0.1, 0.15) is 61.3 Å². The van der Waals surface area contributed by atoms with Crippen molar-refractivity contribution < 1.29 is 0 Å². The van der Waals surface area contributed by atoms with Crippen LogP contribution in [0, 0.1) is 29.1 Å². The zero-order valence-electron chi connectivity index (χ0n) is 16.3. The fraction of sp³-hybridized carbons (Fsp3) is 0.900. The van der Waals surface area contributed by atoms with Crippen LogP contribution < -0.4 is 0 Å². The summed E-state index contributed by atoms with van der Waals surface area (Å²) in [6.45, 7) is 19.7.